The lowest BCUT2D eigenvalue weighted by Crippen LogP contribution is -2.38. The van der Waals surface area contributed by atoms with Gasteiger partial charge in [-0.3, -0.25) is 19.8 Å². The largest absolute Gasteiger partial charge is 0.361 e. The Labute approximate surface area is 105 Å². The molecule has 2 amide bonds. The fraction of sp³-hybridized carbons (Fsp3) is 0.583. The van der Waals surface area contributed by atoms with E-state index in [0.717, 1.165) is 17.9 Å². The summed E-state index contributed by atoms with van der Waals surface area (Å²) in [5.74, 6) is 0.492. The molecule has 98 valence electrons. The van der Waals surface area contributed by atoms with Crippen LogP contribution in [-0.2, 0) is 16.1 Å². The van der Waals surface area contributed by atoms with Gasteiger partial charge in [-0.25, -0.2) is 0 Å². The molecule has 1 saturated heterocycles. The highest BCUT2D eigenvalue weighted by Crippen LogP contribution is 2.14. The molecule has 2 heterocycles. The molecular formula is C12H17N3O3. The van der Waals surface area contributed by atoms with Crippen molar-refractivity contribution in [3.05, 3.63) is 17.5 Å². The van der Waals surface area contributed by atoms with Crippen molar-refractivity contribution in [2.75, 3.05) is 6.54 Å². The average Bonchev–Trinajstić information content (AvgIpc) is 2.86. The van der Waals surface area contributed by atoms with Gasteiger partial charge in [0, 0.05) is 19.2 Å². The second-order valence-electron chi connectivity index (χ2n) is 4.45. The molecule has 1 aromatic heterocycles. The van der Waals surface area contributed by atoms with Crippen LogP contribution in [0.3, 0.4) is 0 Å². The van der Waals surface area contributed by atoms with Crippen molar-refractivity contribution in [2.45, 2.75) is 39.3 Å². The molecule has 1 N–H and O–H groups in total. The molecule has 0 radical (unpaired) electrons. The predicted molar refractivity (Wildman–Crippen MR) is 63.5 cm³/mol. The third kappa shape index (κ3) is 2.59. The van der Waals surface area contributed by atoms with Crippen LogP contribution >= 0.6 is 0 Å². The van der Waals surface area contributed by atoms with E-state index in [2.05, 4.69) is 10.5 Å². The molecule has 1 unspecified atom stereocenters. The van der Waals surface area contributed by atoms with E-state index in [1.54, 1.807) is 6.07 Å². The van der Waals surface area contributed by atoms with Gasteiger partial charge in [0.2, 0.25) is 11.8 Å². The van der Waals surface area contributed by atoms with Crippen LogP contribution in [0.4, 0.5) is 0 Å². The zero-order valence-corrected chi connectivity index (χ0v) is 10.6. The summed E-state index contributed by atoms with van der Waals surface area (Å²) in [5.41, 5.74) is 0.738. The number of aryl methyl sites for hydroxylation is 1. The van der Waals surface area contributed by atoms with Crippen LogP contribution in [0.1, 0.15) is 31.2 Å². The van der Waals surface area contributed by atoms with Gasteiger partial charge in [-0.1, -0.05) is 12.1 Å². The summed E-state index contributed by atoms with van der Waals surface area (Å²) in [5, 5.41) is 6.87. The standard InChI is InChI=1S/C12H17N3O3/c1-3-4-15-11(16)6-10(12(15)17)13-7-9-5-8(2)18-14-9/h5,10,13H,3-4,6-7H2,1-2H3. The first-order valence-electron chi connectivity index (χ1n) is 6.11. The molecule has 1 aliphatic rings. The summed E-state index contributed by atoms with van der Waals surface area (Å²) in [6.07, 6.45) is 1.02. The molecule has 1 aromatic rings. The summed E-state index contributed by atoms with van der Waals surface area (Å²) in [7, 11) is 0. The number of nitrogens with one attached hydrogen (secondary N) is 1. The summed E-state index contributed by atoms with van der Waals surface area (Å²) < 4.78 is 4.94. The van der Waals surface area contributed by atoms with Crippen LogP contribution in [0.15, 0.2) is 10.6 Å². The normalized spacial score (nSPS) is 19.9. The molecule has 0 spiro atoms. The van der Waals surface area contributed by atoms with Crippen LogP contribution in [0.25, 0.3) is 0 Å². The summed E-state index contributed by atoms with van der Waals surface area (Å²) in [6.45, 7) is 4.68. The lowest BCUT2D eigenvalue weighted by molar-refractivity contribution is -0.138. The Hall–Kier alpha value is -1.69. The van der Waals surface area contributed by atoms with E-state index in [9.17, 15) is 9.59 Å². The van der Waals surface area contributed by atoms with Gasteiger partial charge >= 0.3 is 0 Å². The first-order valence-corrected chi connectivity index (χ1v) is 6.11. The Morgan fingerprint density at radius 3 is 2.94 bits per heavy atom. The van der Waals surface area contributed by atoms with E-state index < -0.39 is 6.04 Å². The van der Waals surface area contributed by atoms with Crippen LogP contribution in [-0.4, -0.2) is 34.5 Å². The number of hydrogen-bond acceptors (Lipinski definition) is 5. The summed E-state index contributed by atoms with van der Waals surface area (Å²) in [6, 6.07) is 1.37. The lowest BCUT2D eigenvalue weighted by atomic mass is 10.2. The van der Waals surface area contributed by atoms with Crippen molar-refractivity contribution < 1.29 is 14.1 Å². The van der Waals surface area contributed by atoms with E-state index in [1.165, 1.54) is 4.90 Å². The Bertz CT molecular complexity index is 455. The topological polar surface area (TPSA) is 75.4 Å². The highest BCUT2D eigenvalue weighted by Gasteiger charge is 2.37. The van der Waals surface area contributed by atoms with Crippen molar-refractivity contribution in [2.24, 2.45) is 0 Å². The van der Waals surface area contributed by atoms with Gasteiger partial charge in [-0.15, -0.1) is 0 Å². The van der Waals surface area contributed by atoms with Crippen molar-refractivity contribution >= 4 is 11.8 Å². The second kappa shape index (κ2) is 5.30. The third-order valence-corrected chi connectivity index (χ3v) is 2.90. The number of imide groups is 1. The maximum Gasteiger partial charge on any atom is 0.246 e. The van der Waals surface area contributed by atoms with Crippen molar-refractivity contribution in [3.8, 4) is 0 Å². The second-order valence-corrected chi connectivity index (χ2v) is 4.45. The summed E-state index contributed by atoms with van der Waals surface area (Å²) in [4.78, 5) is 24.9. The highest BCUT2D eigenvalue weighted by atomic mass is 16.5. The average molecular weight is 251 g/mol. The molecule has 2 rings (SSSR count). The number of nitrogens with zero attached hydrogens (tertiary/aromatic N) is 2. The Kier molecular flexibility index (Phi) is 3.76. The number of aromatic nitrogens is 1. The first-order chi connectivity index (χ1) is 8.61. The Balaban J connectivity index is 1.91. The number of carbonyl (C=O) groups is 2. The quantitative estimate of drug-likeness (QED) is 0.776. The van der Waals surface area contributed by atoms with Crippen LogP contribution in [0, 0.1) is 6.92 Å². The van der Waals surface area contributed by atoms with Gasteiger partial charge in [0.15, 0.2) is 0 Å². The van der Waals surface area contributed by atoms with E-state index >= 15 is 0 Å². The van der Waals surface area contributed by atoms with Gasteiger partial charge in [0.1, 0.15) is 5.76 Å². The van der Waals surface area contributed by atoms with Crippen LogP contribution in [0.5, 0.6) is 0 Å². The maximum absolute atomic E-state index is 11.9. The van der Waals surface area contributed by atoms with Gasteiger partial charge in [-0.05, 0) is 13.3 Å². The zero-order valence-electron chi connectivity index (χ0n) is 10.6. The minimum Gasteiger partial charge on any atom is -0.361 e. The van der Waals surface area contributed by atoms with E-state index in [0.29, 0.717) is 13.1 Å². The smallest absolute Gasteiger partial charge is 0.246 e. The summed E-state index contributed by atoms with van der Waals surface area (Å²) >= 11 is 0. The highest BCUT2D eigenvalue weighted by molar-refractivity contribution is 6.05. The number of likely N-dealkylation sites (tertiary alicyclic amines) is 1. The van der Waals surface area contributed by atoms with Gasteiger partial charge in [0.25, 0.3) is 0 Å². The monoisotopic (exact) mass is 251 g/mol. The Morgan fingerprint density at radius 2 is 2.33 bits per heavy atom. The molecule has 6 heteroatoms. The third-order valence-electron chi connectivity index (χ3n) is 2.90. The zero-order chi connectivity index (χ0) is 13.1. The fourth-order valence-corrected chi connectivity index (χ4v) is 2.03. The molecule has 0 aliphatic carbocycles. The Morgan fingerprint density at radius 1 is 1.56 bits per heavy atom. The van der Waals surface area contributed by atoms with Crippen molar-refractivity contribution in [3.63, 3.8) is 0 Å². The minimum absolute atomic E-state index is 0.101. The van der Waals surface area contributed by atoms with E-state index in [1.807, 2.05) is 13.8 Å². The molecule has 0 saturated carbocycles. The molecule has 1 atom stereocenters. The molecule has 18 heavy (non-hydrogen) atoms. The lowest BCUT2D eigenvalue weighted by Gasteiger charge is -2.13. The van der Waals surface area contributed by atoms with Gasteiger partial charge in [-0.2, -0.15) is 0 Å². The number of hydrogen-bond donors (Lipinski definition) is 1. The molecule has 0 aromatic carbocycles. The fourth-order valence-electron chi connectivity index (χ4n) is 2.03. The maximum atomic E-state index is 11.9. The van der Waals surface area contributed by atoms with Crippen molar-refractivity contribution in [1.29, 1.82) is 0 Å². The minimum atomic E-state index is -0.430. The van der Waals surface area contributed by atoms with Crippen molar-refractivity contribution in [1.82, 2.24) is 15.4 Å². The van der Waals surface area contributed by atoms with E-state index in [4.69, 9.17) is 4.52 Å². The van der Waals surface area contributed by atoms with Gasteiger partial charge < -0.3 is 4.52 Å². The number of rotatable bonds is 5. The molecule has 6 nitrogen and oxygen atoms in total. The van der Waals surface area contributed by atoms with Gasteiger partial charge in [0.05, 0.1) is 18.2 Å². The van der Waals surface area contributed by atoms with E-state index in [-0.39, 0.29) is 18.2 Å². The molecule has 1 aliphatic heterocycles. The number of amides is 2. The SMILES string of the molecule is CCCN1C(=O)CC(NCc2cc(C)on2)C1=O. The molecule has 0 bridgehead atoms. The number of carbonyl (C=O) groups excluding carboxylic acids is 2. The molecule has 1 fully saturated rings. The van der Waals surface area contributed by atoms with Crippen LogP contribution < -0.4 is 5.32 Å². The molecular weight excluding hydrogens is 234 g/mol. The first kappa shape index (κ1) is 12.8. The predicted octanol–water partition coefficient (Wildman–Crippen LogP) is 0.610. The van der Waals surface area contributed by atoms with Crippen LogP contribution in [0.2, 0.25) is 0 Å².